The highest BCUT2D eigenvalue weighted by molar-refractivity contribution is 5.99. The number of nitrogens with zero attached hydrogens (tertiary/aromatic N) is 1. The van der Waals surface area contributed by atoms with Crippen molar-refractivity contribution in [3.05, 3.63) is 53.6 Å². The summed E-state index contributed by atoms with van der Waals surface area (Å²) in [5, 5.41) is 2.78. The molecule has 0 bridgehead atoms. The lowest BCUT2D eigenvalue weighted by Gasteiger charge is -2.38. The van der Waals surface area contributed by atoms with E-state index in [9.17, 15) is 14.4 Å². The molecule has 0 unspecified atom stereocenters. The first kappa shape index (κ1) is 16.9. The molecule has 2 heterocycles. The van der Waals surface area contributed by atoms with Gasteiger partial charge in [0.25, 0.3) is 5.91 Å². The summed E-state index contributed by atoms with van der Waals surface area (Å²) in [7, 11) is 0. The van der Waals surface area contributed by atoms with Gasteiger partial charge in [0.2, 0.25) is 18.6 Å². The smallest absolute Gasteiger partial charge is 0.254 e. The van der Waals surface area contributed by atoms with E-state index in [-0.39, 0.29) is 24.5 Å². The molecule has 0 spiro atoms. The van der Waals surface area contributed by atoms with Gasteiger partial charge in [-0.3, -0.25) is 14.4 Å². The van der Waals surface area contributed by atoms with Crippen LogP contribution in [0.3, 0.4) is 0 Å². The first-order valence-electron chi connectivity index (χ1n) is 8.41. The number of hydrogen-bond donors (Lipinski definition) is 2. The summed E-state index contributed by atoms with van der Waals surface area (Å²) in [6, 6.07) is 11.4. The fourth-order valence-corrected chi connectivity index (χ4v) is 2.98. The lowest BCUT2D eigenvalue weighted by atomic mass is 9.97. The molecule has 2 aromatic rings. The summed E-state index contributed by atoms with van der Waals surface area (Å²) in [5.41, 5.74) is 6.63. The average Bonchev–Trinajstić information content (AvgIpc) is 3.08. The molecule has 3 N–H and O–H groups in total. The van der Waals surface area contributed by atoms with Crippen molar-refractivity contribution in [2.45, 2.75) is 0 Å². The van der Waals surface area contributed by atoms with Gasteiger partial charge in [0, 0.05) is 29.9 Å². The molecule has 138 valence electrons. The molecule has 3 amide bonds. The van der Waals surface area contributed by atoms with E-state index in [0.717, 1.165) is 0 Å². The van der Waals surface area contributed by atoms with Crippen molar-refractivity contribution < 1.29 is 23.9 Å². The maximum Gasteiger partial charge on any atom is 0.254 e. The molecule has 0 saturated carbocycles. The molecule has 0 aromatic heterocycles. The van der Waals surface area contributed by atoms with Gasteiger partial charge in [0.1, 0.15) is 0 Å². The molecule has 8 nitrogen and oxygen atoms in total. The van der Waals surface area contributed by atoms with Crippen LogP contribution in [0, 0.1) is 5.92 Å². The van der Waals surface area contributed by atoms with Gasteiger partial charge in [-0.05, 0) is 42.5 Å². The molecule has 2 aromatic carbocycles. The average molecular weight is 367 g/mol. The minimum absolute atomic E-state index is 0.150. The van der Waals surface area contributed by atoms with E-state index in [1.54, 1.807) is 47.4 Å². The highest BCUT2D eigenvalue weighted by Crippen LogP contribution is 2.33. The van der Waals surface area contributed by atoms with E-state index in [0.29, 0.717) is 41.4 Å². The molecule has 8 heteroatoms. The largest absolute Gasteiger partial charge is 0.454 e. The number of benzene rings is 2. The van der Waals surface area contributed by atoms with E-state index >= 15 is 0 Å². The van der Waals surface area contributed by atoms with Gasteiger partial charge in [-0.2, -0.15) is 0 Å². The van der Waals surface area contributed by atoms with Gasteiger partial charge in [-0.25, -0.2) is 0 Å². The zero-order valence-corrected chi connectivity index (χ0v) is 14.3. The Labute approximate surface area is 154 Å². The third-order valence-electron chi connectivity index (χ3n) is 4.60. The fraction of sp³-hybridized carbons (Fsp3) is 0.211. The van der Waals surface area contributed by atoms with Crippen molar-refractivity contribution in [2.24, 2.45) is 11.7 Å². The van der Waals surface area contributed by atoms with Crippen LogP contribution >= 0.6 is 0 Å². The molecular formula is C19H17N3O5. The lowest BCUT2D eigenvalue weighted by Crippen LogP contribution is -2.54. The summed E-state index contributed by atoms with van der Waals surface area (Å²) in [6.45, 7) is 0.844. The van der Waals surface area contributed by atoms with Crippen molar-refractivity contribution in [1.29, 1.82) is 0 Å². The Morgan fingerprint density at radius 1 is 0.963 bits per heavy atom. The predicted molar refractivity (Wildman–Crippen MR) is 95.5 cm³/mol. The molecule has 4 rings (SSSR count). The van der Waals surface area contributed by atoms with Gasteiger partial charge in [0.15, 0.2) is 11.5 Å². The monoisotopic (exact) mass is 367 g/mol. The second kappa shape index (κ2) is 6.64. The standard InChI is InChI=1S/C19H17N3O5/c20-17(23)11-1-4-14(5-2-11)21-18(24)13-8-22(9-13)19(25)12-3-6-15-16(7-12)27-10-26-15/h1-7,13H,8-10H2,(H2,20,23)(H,21,24). The number of amides is 3. The van der Waals surface area contributed by atoms with Crippen molar-refractivity contribution in [3.8, 4) is 11.5 Å². The lowest BCUT2D eigenvalue weighted by molar-refractivity contribution is -0.123. The summed E-state index contributed by atoms with van der Waals surface area (Å²) in [5.74, 6) is 0.0490. The molecule has 2 aliphatic heterocycles. The molecular weight excluding hydrogens is 350 g/mol. The van der Waals surface area contributed by atoms with Crippen LogP contribution in [0.15, 0.2) is 42.5 Å². The Bertz CT molecular complexity index is 919. The first-order valence-corrected chi connectivity index (χ1v) is 8.41. The van der Waals surface area contributed by atoms with Crippen LogP contribution in [0.5, 0.6) is 11.5 Å². The molecule has 1 fully saturated rings. The summed E-state index contributed by atoms with van der Waals surface area (Å²) in [4.78, 5) is 37.5. The SMILES string of the molecule is NC(=O)c1ccc(NC(=O)C2CN(C(=O)c3ccc4c(c3)OCO4)C2)cc1. The Kier molecular flexibility index (Phi) is 4.15. The Morgan fingerprint density at radius 3 is 2.33 bits per heavy atom. The normalized spacial score (nSPS) is 15.2. The van der Waals surface area contributed by atoms with Gasteiger partial charge >= 0.3 is 0 Å². The Hall–Kier alpha value is -3.55. The number of carbonyl (C=O) groups excluding carboxylic acids is 3. The number of primary amides is 1. The number of anilines is 1. The maximum atomic E-state index is 12.5. The van der Waals surface area contributed by atoms with Gasteiger partial charge in [-0.1, -0.05) is 0 Å². The number of ether oxygens (including phenoxy) is 2. The van der Waals surface area contributed by atoms with Gasteiger partial charge in [0.05, 0.1) is 5.92 Å². The van der Waals surface area contributed by atoms with E-state index in [2.05, 4.69) is 5.32 Å². The van der Waals surface area contributed by atoms with Crippen LogP contribution in [-0.4, -0.2) is 42.5 Å². The van der Waals surface area contributed by atoms with Crippen molar-refractivity contribution in [3.63, 3.8) is 0 Å². The highest BCUT2D eigenvalue weighted by Gasteiger charge is 2.36. The molecule has 0 aliphatic carbocycles. The number of fused-ring (bicyclic) bond motifs is 1. The molecule has 1 saturated heterocycles. The maximum absolute atomic E-state index is 12.5. The predicted octanol–water partition coefficient (Wildman–Crippen LogP) is 1.22. The van der Waals surface area contributed by atoms with Crippen LogP contribution in [0.1, 0.15) is 20.7 Å². The third kappa shape index (κ3) is 3.29. The second-order valence-corrected chi connectivity index (χ2v) is 6.41. The number of rotatable bonds is 4. The van der Waals surface area contributed by atoms with Crippen molar-refractivity contribution >= 4 is 23.4 Å². The van der Waals surface area contributed by atoms with E-state index in [4.69, 9.17) is 15.2 Å². The molecule has 0 radical (unpaired) electrons. The van der Waals surface area contributed by atoms with Crippen LogP contribution in [-0.2, 0) is 4.79 Å². The summed E-state index contributed by atoms with van der Waals surface area (Å²) in [6.07, 6.45) is 0. The topological polar surface area (TPSA) is 111 Å². The minimum atomic E-state index is -0.524. The summed E-state index contributed by atoms with van der Waals surface area (Å²) >= 11 is 0. The number of carbonyl (C=O) groups is 3. The zero-order chi connectivity index (χ0) is 19.0. The minimum Gasteiger partial charge on any atom is -0.454 e. The zero-order valence-electron chi connectivity index (χ0n) is 14.3. The van der Waals surface area contributed by atoms with Crippen LogP contribution in [0.25, 0.3) is 0 Å². The molecule has 0 atom stereocenters. The van der Waals surface area contributed by atoms with Crippen LogP contribution in [0.4, 0.5) is 5.69 Å². The van der Waals surface area contributed by atoms with Gasteiger partial charge in [-0.15, -0.1) is 0 Å². The second-order valence-electron chi connectivity index (χ2n) is 6.41. The van der Waals surface area contributed by atoms with E-state index < -0.39 is 5.91 Å². The van der Waals surface area contributed by atoms with Crippen LogP contribution < -0.4 is 20.5 Å². The third-order valence-corrected chi connectivity index (χ3v) is 4.60. The Balaban J connectivity index is 1.32. The quantitative estimate of drug-likeness (QED) is 0.844. The van der Waals surface area contributed by atoms with Crippen LogP contribution in [0.2, 0.25) is 0 Å². The van der Waals surface area contributed by atoms with E-state index in [1.165, 1.54) is 0 Å². The van der Waals surface area contributed by atoms with Gasteiger partial charge < -0.3 is 25.4 Å². The highest BCUT2D eigenvalue weighted by atomic mass is 16.7. The molecule has 2 aliphatic rings. The molecule has 27 heavy (non-hydrogen) atoms. The first-order chi connectivity index (χ1) is 13.0. The van der Waals surface area contributed by atoms with Crippen molar-refractivity contribution in [1.82, 2.24) is 4.90 Å². The fourth-order valence-electron chi connectivity index (χ4n) is 2.98. The van der Waals surface area contributed by atoms with E-state index in [1.807, 2.05) is 0 Å². The Morgan fingerprint density at radius 2 is 1.63 bits per heavy atom. The number of nitrogens with two attached hydrogens (primary N) is 1. The summed E-state index contributed by atoms with van der Waals surface area (Å²) < 4.78 is 10.5. The van der Waals surface area contributed by atoms with Crippen molar-refractivity contribution in [2.75, 3.05) is 25.2 Å². The number of likely N-dealkylation sites (tertiary alicyclic amines) is 1. The number of hydrogen-bond acceptors (Lipinski definition) is 5. The number of nitrogens with one attached hydrogen (secondary N) is 1.